The van der Waals surface area contributed by atoms with Gasteiger partial charge in [0.05, 0.1) is 13.2 Å². The van der Waals surface area contributed by atoms with Gasteiger partial charge >= 0.3 is 5.91 Å². The van der Waals surface area contributed by atoms with E-state index in [4.69, 9.17) is 26.1 Å². The van der Waals surface area contributed by atoms with E-state index in [2.05, 4.69) is 16.2 Å². The SMILES string of the molecule is COCc1c(C(=O)NNC(=S)N[C@H](C)COC)oc2ccccc12. The summed E-state index contributed by atoms with van der Waals surface area (Å²) in [6.45, 7) is 2.68. The number of hydrogen-bond acceptors (Lipinski definition) is 5. The second kappa shape index (κ2) is 8.62. The maximum Gasteiger partial charge on any atom is 0.305 e. The molecule has 0 unspecified atom stereocenters. The summed E-state index contributed by atoms with van der Waals surface area (Å²) in [5.41, 5.74) is 6.49. The van der Waals surface area contributed by atoms with Gasteiger partial charge in [-0.2, -0.15) is 0 Å². The highest BCUT2D eigenvalue weighted by molar-refractivity contribution is 7.80. The third-order valence-corrected chi connectivity index (χ3v) is 3.50. The van der Waals surface area contributed by atoms with Gasteiger partial charge in [-0.3, -0.25) is 15.6 Å². The highest BCUT2D eigenvalue weighted by Crippen LogP contribution is 2.26. The molecule has 0 aliphatic heterocycles. The van der Waals surface area contributed by atoms with Crippen LogP contribution in [0.5, 0.6) is 0 Å². The number of ether oxygens (including phenoxy) is 2. The summed E-state index contributed by atoms with van der Waals surface area (Å²) in [4.78, 5) is 12.4. The lowest BCUT2D eigenvalue weighted by Gasteiger charge is -2.16. The Labute approximate surface area is 145 Å². The molecule has 0 saturated heterocycles. The molecular formula is C16H21N3O4S. The number of nitrogens with one attached hydrogen (secondary N) is 3. The van der Waals surface area contributed by atoms with Crippen LogP contribution >= 0.6 is 12.2 Å². The number of fused-ring (bicyclic) bond motifs is 1. The first-order chi connectivity index (χ1) is 11.6. The first kappa shape index (κ1) is 18.2. The first-order valence-electron chi connectivity index (χ1n) is 7.42. The third-order valence-electron chi connectivity index (χ3n) is 3.28. The maximum absolute atomic E-state index is 12.4. The van der Waals surface area contributed by atoms with Crippen LogP contribution in [0.4, 0.5) is 0 Å². The number of carbonyl (C=O) groups excluding carboxylic acids is 1. The van der Waals surface area contributed by atoms with Crippen molar-refractivity contribution in [2.75, 3.05) is 20.8 Å². The standard InChI is InChI=1S/C16H21N3O4S/c1-10(8-21-2)17-16(24)19-18-15(20)14-12(9-22-3)11-6-4-5-7-13(11)23-14/h4-7,10H,8-9H2,1-3H3,(H,18,20)(H2,17,19,24)/t10-/m1/s1. The summed E-state index contributed by atoms with van der Waals surface area (Å²) < 4.78 is 15.8. The Hall–Kier alpha value is -2.16. The summed E-state index contributed by atoms with van der Waals surface area (Å²) in [6.07, 6.45) is 0. The van der Waals surface area contributed by atoms with Gasteiger partial charge in [-0.15, -0.1) is 0 Å². The van der Waals surface area contributed by atoms with Crippen LogP contribution in [0.3, 0.4) is 0 Å². The third kappa shape index (κ3) is 4.44. The molecule has 8 heteroatoms. The number of hydrazine groups is 1. The number of amides is 1. The van der Waals surface area contributed by atoms with Crippen molar-refractivity contribution in [2.24, 2.45) is 0 Å². The molecule has 130 valence electrons. The monoisotopic (exact) mass is 351 g/mol. The van der Waals surface area contributed by atoms with Crippen molar-refractivity contribution < 1.29 is 18.7 Å². The smallest absolute Gasteiger partial charge is 0.305 e. The Morgan fingerprint density at radius 3 is 2.71 bits per heavy atom. The number of furan rings is 1. The molecule has 3 N–H and O–H groups in total. The number of thiocarbonyl (C=S) groups is 1. The van der Waals surface area contributed by atoms with E-state index in [-0.39, 0.29) is 23.5 Å². The van der Waals surface area contributed by atoms with E-state index in [0.29, 0.717) is 17.8 Å². The minimum atomic E-state index is -0.429. The second-order valence-electron chi connectivity index (χ2n) is 5.25. The predicted octanol–water partition coefficient (Wildman–Crippen LogP) is 1.72. The average Bonchev–Trinajstić information content (AvgIpc) is 2.92. The molecule has 0 bridgehead atoms. The topological polar surface area (TPSA) is 84.8 Å². The number of methoxy groups -OCH3 is 2. The fourth-order valence-electron chi connectivity index (χ4n) is 2.29. The molecule has 1 heterocycles. The molecule has 0 aliphatic rings. The molecule has 24 heavy (non-hydrogen) atoms. The van der Waals surface area contributed by atoms with Gasteiger partial charge in [0.15, 0.2) is 10.9 Å². The van der Waals surface area contributed by atoms with Crippen LogP contribution in [0.15, 0.2) is 28.7 Å². The quantitative estimate of drug-likeness (QED) is 0.540. The van der Waals surface area contributed by atoms with Gasteiger partial charge in [-0.05, 0) is 25.2 Å². The maximum atomic E-state index is 12.4. The predicted molar refractivity (Wildman–Crippen MR) is 94.6 cm³/mol. The molecular weight excluding hydrogens is 330 g/mol. The zero-order chi connectivity index (χ0) is 17.5. The van der Waals surface area contributed by atoms with Gasteiger partial charge in [0.2, 0.25) is 0 Å². The van der Waals surface area contributed by atoms with E-state index in [1.807, 2.05) is 25.1 Å². The Kier molecular flexibility index (Phi) is 6.53. The lowest BCUT2D eigenvalue weighted by atomic mass is 10.1. The van der Waals surface area contributed by atoms with Crippen molar-refractivity contribution >= 4 is 34.2 Å². The summed E-state index contributed by atoms with van der Waals surface area (Å²) >= 11 is 5.11. The fourth-order valence-corrected chi connectivity index (χ4v) is 2.54. The van der Waals surface area contributed by atoms with Crippen LogP contribution in [-0.4, -0.2) is 37.9 Å². The van der Waals surface area contributed by atoms with Crippen molar-refractivity contribution in [3.8, 4) is 0 Å². The lowest BCUT2D eigenvalue weighted by Crippen LogP contribution is -2.50. The number of benzene rings is 1. The van der Waals surface area contributed by atoms with Crippen LogP contribution in [0.25, 0.3) is 11.0 Å². The fraction of sp³-hybridized carbons (Fsp3) is 0.375. The number of rotatable bonds is 6. The lowest BCUT2D eigenvalue weighted by molar-refractivity contribution is 0.0911. The number of para-hydroxylation sites is 1. The zero-order valence-corrected chi connectivity index (χ0v) is 14.7. The van der Waals surface area contributed by atoms with Crippen LogP contribution in [0.1, 0.15) is 23.0 Å². The van der Waals surface area contributed by atoms with Gasteiger partial charge < -0.3 is 19.2 Å². The number of hydrogen-bond donors (Lipinski definition) is 3. The van der Waals surface area contributed by atoms with Crippen molar-refractivity contribution in [1.29, 1.82) is 0 Å². The summed E-state index contributed by atoms with van der Waals surface area (Å²) in [5.74, 6) is -0.236. The molecule has 0 aliphatic carbocycles. The van der Waals surface area contributed by atoms with Crippen LogP contribution in [-0.2, 0) is 16.1 Å². The molecule has 2 aromatic rings. The second-order valence-corrected chi connectivity index (χ2v) is 5.66. The Balaban J connectivity index is 2.05. The molecule has 0 spiro atoms. The van der Waals surface area contributed by atoms with E-state index in [0.717, 1.165) is 5.39 Å². The highest BCUT2D eigenvalue weighted by Gasteiger charge is 2.20. The molecule has 1 amide bonds. The zero-order valence-electron chi connectivity index (χ0n) is 13.8. The van der Waals surface area contributed by atoms with Crippen molar-refractivity contribution in [3.05, 3.63) is 35.6 Å². The molecule has 1 aromatic heterocycles. The summed E-state index contributed by atoms with van der Waals surface area (Å²) in [6, 6.07) is 7.43. The van der Waals surface area contributed by atoms with Gasteiger partial charge in [-0.1, -0.05) is 18.2 Å². The normalized spacial score (nSPS) is 12.0. The van der Waals surface area contributed by atoms with E-state index < -0.39 is 5.91 Å². The van der Waals surface area contributed by atoms with E-state index in [1.54, 1.807) is 20.3 Å². The Morgan fingerprint density at radius 1 is 1.25 bits per heavy atom. The van der Waals surface area contributed by atoms with Gasteiger partial charge in [0.1, 0.15) is 5.58 Å². The number of carbonyl (C=O) groups is 1. The van der Waals surface area contributed by atoms with Crippen LogP contribution in [0, 0.1) is 0 Å². The van der Waals surface area contributed by atoms with Crippen molar-refractivity contribution in [2.45, 2.75) is 19.6 Å². The Morgan fingerprint density at radius 2 is 2.00 bits per heavy atom. The average molecular weight is 351 g/mol. The molecule has 1 aromatic carbocycles. The van der Waals surface area contributed by atoms with E-state index >= 15 is 0 Å². The van der Waals surface area contributed by atoms with Gasteiger partial charge in [0, 0.05) is 31.2 Å². The highest BCUT2D eigenvalue weighted by atomic mass is 32.1. The molecule has 7 nitrogen and oxygen atoms in total. The van der Waals surface area contributed by atoms with Crippen molar-refractivity contribution in [3.63, 3.8) is 0 Å². The molecule has 0 radical (unpaired) electrons. The molecule has 0 saturated carbocycles. The minimum absolute atomic E-state index is 0.0159. The van der Waals surface area contributed by atoms with E-state index in [9.17, 15) is 4.79 Å². The molecule has 2 rings (SSSR count). The first-order valence-corrected chi connectivity index (χ1v) is 7.82. The minimum Gasteiger partial charge on any atom is -0.450 e. The van der Waals surface area contributed by atoms with Crippen LogP contribution < -0.4 is 16.2 Å². The Bertz CT molecular complexity index is 716. The molecule has 0 fully saturated rings. The van der Waals surface area contributed by atoms with E-state index in [1.165, 1.54) is 0 Å². The van der Waals surface area contributed by atoms with Gasteiger partial charge in [0.25, 0.3) is 0 Å². The van der Waals surface area contributed by atoms with Crippen molar-refractivity contribution in [1.82, 2.24) is 16.2 Å². The van der Waals surface area contributed by atoms with Crippen LogP contribution in [0.2, 0.25) is 0 Å². The molecule has 1 atom stereocenters. The van der Waals surface area contributed by atoms with Gasteiger partial charge in [-0.25, -0.2) is 0 Å². The summed E-state index contributed by atoms with van der Waals surface area (Å²) in [7, 11) is 3.17. The summed E-state index contributed by atoms with van der Waals surface area (Å²) in [5, 5.41) is 4.11. The largest absolute Gasteiger partial charge is 0.450 e.